The van der Waals surface area contributed by atoms with E-state index in [2.05, 4.69) is 0 Å². The highest BCUT2D eigenvalue weighted by atomic mass is 16.4. The predicted molar refractivity (Wildman–Crippen MR) is 58.9 cm³/mol. The number of amides is 1. The van der Waals surface area contributed by atoms with E-state index in [1.807, 2.05) is 13.8 Å². The molecule has 2 aliphatic rings. The van der Waals surface area contributed by atoms with Crippen molar-refractivity contribution >= 4 is 11.9 Å². The SMILES string of the molecule is CC(C)C1CCC2CCC(C(=O)O)N2C1=O. The molecular formula is C12H19NO3. The smallest absolute Gasteiger partial charge is 0.326 e. The Labute approximate surface area is 95.6 Å². The first kappa shape index (κ1) is 11.4. The van der Waals surface area contributed by atoms with Crippen molar-refractivity contribution in [2.45, 2.75) is 51.6 Å². The van der Waals surface area contributed by atoms with Crippen molar-refractivity contribution in [2.75, 3.05) is 0 Å². The summed E-state index contributed by atoms with van der Waals surface area (Å²) in [6.07, 6.45) is 3.37. The zero-order valence-corrected chi connectivity index (χ0v) is 9.85. The summed E-state index contributed by atoms with van der Waals surface area (Å²) in [6, 6.07) is -0.386. The second-order valence-electron chi connectivity index (χ2n) is 5.26. The summed E-state index contributed by atoms with van der Waals surface area (Å²) >= 11 is 0. The Hall–Kier alpha value is -1.06. The summed E-state index contributed by atoms with van der Waals surface area (Å²) in [7, 11) is 0. The Morgan fingerprint density at radius 1 is 1.31 bits per heavy atom. The number of rotatable bonds is 2. The van der Waals surface area contributed by atoms with E-state index in [4.69, 9.17) is 5.11 Å². The lowest BCUT2D eigenvalue weighted by Crippen LogP contribution is -2.51. The fraction of sp³-hybridized carbons (Fsp3) is 0.833. The Balaban J connectivity index is 2.19. The van der Waals surface area contributed by atoms with Gasteiger partial charge in [0.05, 0.1) is 0 Å². The first-order valence-corrected chi connectivity index (χ1v) is 6.07. The minimum Gasteiger partial charge on any atom is -0.480 e. The Morgan fingerprint density at radius 2 is 1.94 bits per heavy atom. The van der Waals surface area contributed by atoms with Crippen LogP contribution in [0.5, 0.6) is 0 Å². The van der Waals surface area contributed by atoms with Gasteiger partial charge in [-0.3, -0.25) is 4.79 Å². The number of carboxylic acid groups (broad SMARTS) is 1. The van der Waals surface area contributed by atoms with Gasteiger partial charge in [-0.1, -0.05) is 13.8 Å². The van der Waals surface area contributed by atoms with Crippen LogP contribution < -0.4 is 0 Å². The molecule has 0 saturated carbocycles. The van der Waals surface area contributed by atoms with Crippen LogP contribution in [-0.2, 0) is 9.59 Å². The molecule has 3 unspecified atom stereocenters. The van der Waals surface area contributed by atoms with Gasteiger partial charge in [-0.25, -0.2) is 4.79 Å². The fourth-order valence-corrected chi connectivity index (χ4v) is 3.05. The van der Waals surface area contributed by atoms with Gasteiger partial charge in [0.1, 0.15) is 6.04 Å². The van der Waals surface area contributed by atoms with Crippen LogP contribution in [0.25, 0.3) is 0 Å². The highest BCUT2D eigenvalue weighted by molar-refractivity contribution is 5.86. The molecule has 2 rings (SSSR count). The molecule has 2 heterocycles. The lowest BCUT2D eigenvalue weighted by Gasteiger charge is -2.38. The molecule has 0 spiro atoms. The molecule has 1 N–H and O–H groups in total. The van der Waals surface area contributed by atoms with Crippen molar-refractivity contribution in [2.24, 2.45) is 11.8 Å². The Kier molecular flexibility index (Phi) is 2.91. The molecule has 2 saturated heterocycles. The van der Waals surface area contributed by atoms with Gasteiger partial charge in [0.25, 0.3) is 0 Å². The maximum atomic E-state index is 12.2. The zero-order chi connectivity index (χ0) is 11.9. The molecule has 16 heavy (non-hydrogen) atoms. The third-order valence-corrected chi connectivity index (χ3v) is 3.97. The molecule has 90 valence electrons. The highest BCUT2D eigenvalue weighted by Crippen LogP contribution is 2.37. The van der Waals surface area contributed by atoms with Crippen LogP contribution in [0.4, 0.5) is 0 Å². The predicted octanol–water partition coefficient (Wildman–Crippen LogP) is 1.50. The van der Waals surface area contributed by atoms with Crippen LogP contribution in [0.2, 0.25) is 0 Å². The minimum absolute atomic E-state index is 0.0243. The van der Waals surface area contributed by atoms with E-state index in [1.54, 1.807) is 4.90 Å². The minimum atomic E-state index is -0.847. The molecule has 3 atom stereocenters. The number of hydrogen-bond donors (Lipinski definition) is 1. The average molecular weight is 225 g/mol. The van der Waals surface area contributed by atoms with Gasteiger partial charge in [-0.15, -0.1) is 0 Å². The molecule has 1 amide bonds. The molecule has 2 aliphatic heterocycles. The van der Waals surface area contributed by atoms with Gasteiger partial charge in [-0.05, 0) is 31.6 Å². The van der Waals surface area contributed by atoms with Crippen molar-refractivity contribution in [3.05, 3.63) is 0 Å². The number of aliphatic carboxylic acids is 1. The number of carbonyl (C=O) groups is 2. The Bertz CT molecular complexity index is 313. The quantitative estimate of drug-likeness (QED) is 0.774. The molecule has 0 bridgehead atoms. The number of carbonyl (C=O) groups excluding carboxylic acids is 1. The molecule has 0 aromatic rings. The van der Waals surface area contributed by atoms with Gasteiger partial charge in [0.2, 0.25) is 5.91 Å². The zero-order valence-electron chi connectivity index (χ0n) is 9.85. The van der Waals surface area contributed by atoms with Crippen molar-refractivity contribution < 1.29 is 14.7 Å². The fourth-order valence-electron chi connectivity index (χ4n) is 3.05. The summed E-state index contributed by atoms with van der Waals surface area (Å²) in [5.74, 6) is -0.448. The number of fused-ring (bicyclic) bond motifs is 1. The largest absolute Gasteiger partial charge is 0.480 e. The molecule has 4 nitrogen and oxygen atoms in total. The molecule has 0 aliphatic carbocycles. The average Bonchev–Trinajstić information content (AvgIpc) is 2.61. The first-order chi connectivity index (χ1) is 7.52. The van der Waals surface area contributed by atoms with Crippen LogP contribution in [-0.4, -0.2) is 34.0 Å². The van der Waals surface area contributed by atoms with Crippen LogP contribution in [0, 0.1) is 11.8 Å². The van der Waals surface area contributed by atoms with E-state index in [9.17, 15) is 9.59 Å². The second kappa shape index (κ2) is 4.07. The molecular weight excluding hydrogens is 206 g/mol. The highest BCUT2D eigenvalue weighted by Gasteiger charge is 2.46. The number of piperidine rings is 1. The molecule has 0 aromatic carbocycles. The van der Waals surface area contributed by atoms with Crippen LogP contribution in [0.3, 0.4) is 0 Å². The summed E-state index contributed by atoms with van der Waals surface area (Å²) in [5.41, 5.74) is 0. The third-order valence-electron chi connectivity index (χ3n) is 3.97. The topological polar surface area (TPSA) is 57.6 Å². The lowest BCUT2D eigenvalue weighted by molar-refractivity contribution is -0.154. The van der Waals surface area contributed by atoms with Crippen LogP contribution in [0.1, 0.15) is 39.5 Å². The van der Waals surface area contributed by atoms with Crippen molar-refractivity contribution in [1.29, 1.82) is 0 Å². The van der Waals surface area contributed by atoms with Gasteiger partial charge in [-0.2, -0.15) is 0 Å². The van der Waals surface area contributed by atoms with E-state index < -0.39 is 12.0 Å². The summed E-state index contributed by atoms with van der Waals surface area (Å²) in [6.45, 7) is 4.07. The van der Waals surface area contributed by atoms with Crippen molar-refractivity contribution in [3.63, 3.8) is 0 Å². The first-order valence-electron chi connectivity index (χ1n) is 6.07. The summed E-state index contributed by atoms with van der Waals surface area (Å²) in [4.78, 5) is 25.0. The van der Waals surface area contributed by atoms with Gasteiger partial charge < -0.3 is 10.0 Å². The van der Waals surface area contributed by atoms with E-state index in [1.165, 1.54) is 0 Å². The summed E-state index contributed by atoms with van der Waals surface area (Å²) < 4.78 is 0. The van der Waals surface area contributed by atoms with Gasteiger partial charge >= 0.3 is 5.97 Å². The molecule has 0 radical (unpaired) electrons. The maximum absolute atomic E-state index is 12.2. The standard InChI is InChI=1S/C12H19NO3/c1-7(2)9-5-3-8-4-6-10(12(15)16)13(8)11(9)14/h7-10H,3-6H2,1-2H3,(H,15,16). The van der Waals surface area contributed by atoms with E-state index in [0.717, 1.165) is 19.3 Å². The van der Waals surface area contributed by atoms with Crippen molar-refractivity contribution in [3.8, 4) is 0 Å². The van der Waals surface area contributed by atoms with Crippen molar-refractivity contribution in [1.82, 2.24) is 4.90 Å². The number of nitrogens with zero attached hydrogens (tertiary/aromatic N) is 1. The third kappa shape index (κ3) is 1.70. The lowest BCUT2D eigenvalue weighted by atomic mass is 9.84. The van der Waals surface area contributed by atoms with E-state index in [-0.39, 0.29) is 17.9 Å². The molecule has 0 aromatic heterocycles. The van der Waals surface area contributed by atoms with E-state index in [0.29, 0.717) is 12.3 Å². The molecule has 4 heteroatoms. The monoisotopic (exact) mass is 225 g/mol. The van der Waals surface area contributed by atoms with Crippen LogP contribution >= 0.6 is 0 Å². The van der Waals surface area contributed by atoms with Gasteiger partial charge in [0.15, 0.2) is 0 Å². The normalized spacial score (nSPS) is 34.3. The Morgan fingerprint density at radius 3 is 2.50 bits per heavy atom. The number of carboxylic acids is 1. The van der Waals surface area contributed by atoms with E-state index >= 15 is 0 Å². The number of hydrogen-bond acceptors (Lipinski definition) is 2. The van der Waals surface area contributed by atoms with Gasteiger partial charge in [0, 0.05) is 12.0 Å². The van der Waals surface area contributed by atoms with Crippen LogP contribution in [0.15, 0.2) is 0 Å². The summed E-state index contributed by atoms with van der Waals surface area (Å²) in [5, 5.41) is 9.10. The molecule has 2 fully saturated rings. The second-order valence-corrected chi connectivity index (χ2v) is 5.26. The maximum Gasteiger partial charge on any atom is 0.326 e.